The van der Waals surface area contributed by atoms with Gasteiger partial charge in [0.2, 0.25) is 11.9 Å². The van der Waals surface area contributed by atoms with Crippen LogP contribution in [0.15, 0.2) is 23.7 Å². The predicted molar refractivity (Wildman–Crippen MR) is 107 cm³/mol. The lowest BCUT2D eigenvalue weighted by atomic mass is 9.92. The summed E-state index contributed by atoms with van der Waals surface area (Å²) in [6, 6.07) is 3.66. The van der Waals surface area contributed by atoms with Crippen LogP contribution in [-0.2, 0) is 17.6 Å². The smallest absolute Gasteiger partial charge is 0.399 e. The minimum absolute atomic E-state index is 0.132. The summed E-state index contributed by atoms with van der Waals surface area (Å²) in [7, 11) is 0. The van der Waals surface area contributed by atoms with Gasteiger partial charge in [0.05, 0.1) is 0 Å². The van der Waals surface area contributed by atoms with Crippen LogP contribution in [0.5, 0.6) is 5.06 Å². The van der Waals surface area contributed by atoms with Gasteiger partial charge in [-0.05, 0) is 61.1 Å². The third kappa shape index (κ3) is 4.86. The van der Waals surface area contributed by atoms with Gasteiger partial charge in [-0.1, -0.05) is 12.8 Å². The van der Waals surface area contributed by atoms with E-state index >= 15 is 0 Å². The third-order valence-electron chi connectivity index (χ3n) is 5.37. The summed E-state index contributed by atoms with van der Waals surface area (Å²) in [4.78, 5) is 32.9. The van der Waals surface area contributed by atoms with E-state index in [0.717, 1.165) is 30.5 Å². The predicted octanol–water partition coefficient (Wildman–Crippen LogP) is 3.70. The van der Waals surface area contributed by atoms with E-state index in [1.54, 1.807) is 12.3 Å². The van der Waals surface area contributed by atoms with Crippen LogP contribution in [0.4, 0.5) is 10.7 Å². The fraction of sp³-hybridized carbons (Fsp3) is 0.500. The molecule has 2 heterocycles. The molecule has 2 aliphatic carbocycles. The number of aryl methyl sites for hydroxylation is 1. The Bertz CT molecular complexity index is 834. The minimum atomic E-state index is -0.602. The first-order valence-corrected chi connectivity index (χ1v) is 10.7. The zero-order valence-corrected chi connectivity index (χ0v) is 16.5. The average Bonchev–Trinajstić information content (AvgIpc) is 3.36. The molecule has 0 radical (unpaired) electrons. The largest absolute Gasteiger partial charge is 0.420 e. The number of amides is 2. The first-order chi connectivity index (χ1) is 13.7. The zero-order valence-electron chi connectivity index (χ0n) is 15.6. The Hall–Kier alpha value is -2.48. The van der Waals surface area contributed by atoms with Crippen LogP contribution in [0.3, 0.4) is 0 Å². The lowest BCUT2D eigenvalue weighted by molar-refractivity contribution is -0.122. The third-order valence-corrected chi connectivity index (χ3v) is 6.11. The SMILES string of the molecule is O=C(CC1CCCC1)NC1CCc2nc(NC(=O)Oc3cccs3)ncc2C1. The van der Waals surface area contributed by atoms with Crippen molar-refractivity contribution in [2.24, 2.45) is 5.92 Å². The topological polar surface area (TPSA) is 93.2 Å². The Balaban J connectivity index is 1.29. The second-order valence-corrected chi connectivity index (χ2v) is 8.38. The Kier molecular flexibility index (Phi) is 5.85. The summed E-state index contributed by atoms with van der Waals surface area (Å²) in [5.74, 6) is 0.960. The molecular weight excluding hydrogens is 376 g/mol. The quantitative estimate of drug-likeness (QED) is 0.798. The van der Waals surface area contributed by atoms with Crippen molar-refractivity contribution in [3.8, 4) is 5.06 Å². The van der Waals surface area contributed by atoms with Crippen LogP contribution in [0.1, 0.15) is 49.8 Å². The number of nitrogens with one attached hydrogen (secondary N) is 2. The average molecular weight is 401 g/mol. The monoisotopic (exact) mass is 400 g/mol. The number of rotatable bonds is 5. The molecule has 1 fully saturated rings. The van der Waals surface area contributed by atoms with Gasteiger partial charge in [-0.25, -0.2) is 14.8 Å². The molecule has 1 unspecified atom stereocenters. The molecule has 7 nitrogen and oxygen atoms in total. The first kappa shape index (κ1) is 18.9. The summed E-state index contributed by atoms with van der Waals surface area (Å²) in [5, 5.41) is 8.10. The van der Waals surface area contributed by atoms with Gasteiger partial charge in [-0.15, -0.1) is 11.3 Å². The van der Waals surface area contributed by atoms with Crippen molar-refractivity contribution in [3.05, 3.63) is 35.0 Å². The fourth-order valence-corrected chi connectivity index (χ4v) is 4.56. The van der Waals surface area contributed by atoms with Crippen LogP contribution in [0, 0.1) is 5.92 Å². The number of carbonyl (C=O) groups is 2. The molecule has 0 saturated heterocycles. The van der Waals surface area contributed by atoms with Crippen molar-refractivity contribution in [3.63, 3.8) is 0 Å². The van der Waals surface area contributed by atoms with E-state index in [9.17, 15) is 9.59 Å². The number of anilines is 1. The molecule has 2 aromatic heterocycles. The molecule has 2 aromatic rings. The summed E-state index contributed by atoms with van der Waals surface area (Å²) in [6.45, 7) is 0. The molecule has 0 aliphatic heterocycles. The summed E-state index contributed by atoms with van der Waals surface area (Å²) >= 11 is 1.34. The van der Waals surface area contributed by atoms with Crippen LogP contribution in [-0.4, -0.2) is 28.0 Å². The van der Waals surface area contributed by atoms with Gasteiger partial charge in [0, 0.05) is 24.4 Å². The lowest BCUT2D eigenvalue weighted by Crippen LogP contribution is -2.39. The molecule has 28 heavy (non-hydrogen) atoms. The maximum absolute atomic E-state index is 12.3. The van der Waals surface area contributed by atoms with E-state index in [1.807, 2.05) is 11.4 Å². The van der Waals surface area contributed by atoms with Crippen LogP contribution >= 0.6 is 11.3 Å². The molecule has 1 saturated carbocycles. The number of hydrogen-bond acceptors (Lipinski definition) is 6. The van der Waals surface area contributed by atoms with Crippen LogP contribution in [0.25, 0.3) is 0 Å². The van der Waals surface area contributed by atoms with E-state index in [-0.39, 0.29) is 17.9 Å². The first-order valence-electron chi connectivity index (χ1n) is 9.82. The molecule has 0 spiro atoms. The Morgan fingerprint density at radius 3 is 2.89 bits per heavy atom. The van der Waals surface area contributed by atoms with E-state index in [0.29, 0.717) is 17.4 Å². The molecule has 2 aliphatic rings. The number of carbonyl (C=O) groups excluding carboxylic acids is 2. The molecule has 0 aromatic carbocycles. The second kappa shape index (κ2) is 8.68. The Labute approximate surface area is 167 Å². The molecule has 2 amide bonds. The lowest BCUT2D eigenvalue weighted by Gasteiger charge is -2.25. The molecule has 8 heteroatoms. The minimum Gasteiger partial charge on any atom is -0.399 e. The van der Waals surface area contributed by atoms with Gasteiger partial charge in [0.25, 0.3) is 0 Å². The highest BCUT2D eigenvalue weighted by Crippen LogP contribution is 2.28. The van der Waals surface area contributed by atoms with Crippen molar-refractivity contribution >= 4 is 29.3 Å². The van der Waals surface area contributed by atoms with Gasteiger partial charge in [-0.3, -0.25) is 10.1 Å². The van der Waals surface area contributed by atoms with Crippen molar-refractivity contribution in [1.29, 1.82) is 0 Å². The number of thiophene rings is 1. The second-order valence-electron chi connectivity index (χ2n) is 7.47. The zero-order chi connectivity index (χ0) is 19.3. The highest BCUT2D eigenvalue weighted by Gasteiger charge is 2.24. The maximum atomic E-state index is 12.3. The van der Waals surface area contributed by atoms with Gasteiger partial charge in [0.1, 0.15) is 0 Å². The van der Waals surface area contributed by atoms with E-state index in [1.165, 1.54) is 37.0 Å². The summed E-state index contributed by atoms with van der Waals surface area (Å²) in [6.07, 6.45) is 8.97. The number of ether oxygens (including phenoxy) is 1. The highest BCUT2D eigenvalue weighted by atomic mass is 32.1. The highest BCUT2D eigenvalue weighted by molar-refractivity contribution is 7.11. The van der Waals surface area contributed by atoms with Crippen molar-refractivity contribution < 1.29 is 14.3 Å². The van der Waals surface area contributed by atoms with Crippen molar-refractivity contribution in [1.82, 2.24) is 15.3 Å². The number of hydrogen-bond donors (Lipinski definition) is 2. The van der Waals surface area contributed by atoms with Gasteiger partial charge in [-0.2, -0.15) is 0 Å². The van der Waals surface area contributed by atoms with Crippen molar-refractivity contribution in [2.75, 3.05) is 5.32 Å². The summed E-state index contributed by atoms with van der Waals surface area (Å²) < 4.78 is 5.16. The number of nitrogens with zero attached hydrogens (tertiary/aromatic N) is 2. The molecule has 0 bridgehead atoms. The van der Waals surface area contributed by atoms with Gasteiger partial charge < -0.3 is 10.1 Å². The fourth-order valence-electron chi connectivity index (χ4n) is 3.98. The molecular formula is C20H24N4O3S. The normalized spacial score (nSPS) is 19.1. The molecule has 2 N–H and O–H groups in total. The standard InChI is InChI=1S/C20H24N4O3S/c25-17(10-13-4-1-2-5-13)22-15-7-8-16-14(11-15)12-21-19(23-16)24-20(26)27-18-6-3-9-28-18/h3,6,9,12-13,15H,1-2,4-5,7-8,10-11H2,(H,22,25)(H,21,23,24,26). The maximum Gasteiger partial charge on any atom is 0.420 e. The van der Waals surface area contributed by atoms with Crippen LogP contribution < -0.4 is 15.4 Å². The van der Waals surface area contributed by atoms with Gasteiger partial charge >= 0.3 is 6.09 Å². The molecule has 1 atom stereocenters. The number of aromatic nitrogens is 2. The van der Waals surface area contributed by atoms with Gasteiger partial charge in [0.15, 0.2) is 5.06 Å². The van der Waals surface area contributed by atoms with Crippen LogP contribution in [0.2, 0.25) is 0 Å². The number of fused-ring (bicyclic) bond motifs is 1. The Morgan fingerprint density at radius 2 is 2.11 bits per heavy atom. The van der Waals surface area contributed by atoms with E-state index in [2.05, 4.69) is 20.6 Å². The van der Waals surface area contributed by atoms with E-state index in [4.69, 9.17) is 4.74 Å². The molecule has 4 rings (SSSR count). The molecule has 148 valence electrons. The summed E-state index contributed by atoms with van der Waals surface area (Å²) in [5.41, 5.74) is 1.94. The van der Waals surface area contributed by atoms with E-state index < -0.39 is 6.09 Å². The van der Waals surface area contributed by atoms with Crippen molar-refractivity contribution in [2.45, 2.75) is 57.4 Å². The Morgan fingerprint density at radius 1 is 1.25 bits per heavy atom.